The van der Waals surface area contributed by atoms with Crippen molar-refractivity contribution in [3.05, 3.63) is 52.1 Å². The van der Waals surface area contributed by atoms with Gasteiger partial charge in [-0.3, -0.25) is 9.59 Å². The lowest BCUT2D eigenvalue weighted by atomic mass is 9.93. The minimum atomic E-state index is -0.592. The second-order valence-corrected chi connectivity index (χ2v) is 10.8. The molecule has 0 aliphatic carbocycles. The first-order chi connectivity index (χ1) is 17.4. The summed E-state index contributed by atoms with van der Waals surface area (Å²) in [6.45, 7) is 13.1. The summed E-state index contributed by atoms with van der Waals surface area (Å²) in [5, 5.41) is 2.77. The predicted molar refractivity (Wildman–Crippen MR) is 141 cm³/mol. The van der Waals surface area contributed by atoms with Gasteiger partial charge >= 0.3 is 6.09 Å². The Bertz CT molecular complexity index is 1270. The number of hydrogen-bond acceptors (Lipinski definition) is 4. The molecule has 1 aromatic carbocycles. The molecule has 0 fully saturated rings. The molecule has 9 heteroatoms. The molecular formula is C28H35FN4O4. The largest absolute Gasteiger partial charge is 0.444 e. The third kappa shape index (κ3) is 5.40. The number of amides is 3. The molecule has 0 atom stereocenters. The standard InChI is InChI=1S/C28H35FN4O4/c1-7-32(27(36)37-28(4,5)6)12-13-33-11-10-21-24(26(33)35)23(16(2)3)22(30-21)15-19-18-14-17(29)8-9-20(18)31-25(19)34/h8-9,14-16,30H,7,10-13H2,1-6H3,(H,31,34)/b19-15-. The van der Waals surface area contributed by atoms with Crippen molar-refractivity contribution in [3.63, 3.8) is 0 Å². The number of nitrogens with zero attached hydrogens (tertiary/aromatic N) is 2. The predicted octanol–water partition coefficient (Wildman–Crippen LogP) is 5.03. The van der Waals surface area contributed by atoms with Crippen molar-refractivity contribution < 1.29 is 23.5 Å². The van der Waals surface area contributed by atoms with Gasteiger partial charge in [-0.05, 0) is 63.5 Å². The van der Waals surface area contributed by atoms with Gasteiger partial charge in [0.2, 0.25) is 0 Å². The van der Waals surface area contributed by atoms with Crippen molar-refractivity contribution >= 4 is 35.2 Å². The fourth-order valence-electron chi connectivity index (χ4n) is 4.85. The van der Waals surface area contributed by atoms with E-state index in [0.717, 1.165) is 11.3 Å². The molecule has 2 aromatic rings. The van der Waals surface area contributed by atoms with Crippen molar-refractivity contribution in [2.45, 2.75) is 59.5 Å². The van der Waals surface area contributed by atoms with Gasteiger partial charge in [0.1, 0.15) is 11.4 Å². The topological polar surface area (TPSA) is 94.7 Å². The molecule has 4 rings (SSSR count). The number of carbonyl (C=O) groups is 3. The van der Waals surface area contributed by atoms with Crippen LogP contribution in [-0.2, 0) is 16.0 Å². The van der Waals surface area contributed by atoms with Crippen LogP contribution in [0.3, 0.4) is 0 Å². The van der Waals surface area contributed by atoms with Crippen LogP contribution >= 0.6 is 0 Å². The van der Waals surface area contributed by atoms with Crippen molar-refractivity contribution in [3.8, 4) is 0 Å². The third-order valence-electron chi connectivity index (χ3n) is 6.58. The Kier molecular flexibility index (Phi) is 7.17. The van der Waals surface area contributed by atoms with Crippen LogP contribution in [0.25, 0.3) is 11.6 Å². The minimum absolute atomic E-state index is 0.00102. The van der Waals surface area contributed by atoms with E-state index >= 15 is 0 Å². The molecule has 2 aliphatic rings. The van der Waals surface area contributed by atoms with Gasteiger partial charge < -0.3 is 24.8 Å². The molecule has 3 amide bonds. The van der Waals surface area contributed by atoms with Crippen LogP contribution in [0.4, 0.5) is 14.9 Å². The molecule has 8 nitrogen and oxygen atoms in total. The summed E-state index contributed by atoms with van der Waals surface area (Å²) in [5.41, 5.74) is 3.78. The highest BCUT2D eigenvalue weighted by atomic mass is 19.1. The minimum Gasteiger partial charge on any atom is -0.444 e. The summed E-state index contributed by atoms with van der Waals surface area (Å²) in [6.07, 6.45) is 1.94. The zero-order valence-corrected chi connectivity index (χ0v) is 22.3. The first-order valence-electron chi connectivity index (χ1n) is 12.7. The van der Waals surface area contributed by atoms with Crippen LogP contribution in [0.2, 0.25) is 0 Å². The van der Waals surface area contributed by atoms with Crippen LogP contribution in [0.15, 0.2) is 18.2 Å². The van der Waals surface area contributed by atoms with Crippen LogP contribution in [0.5, 0.6) is 0 Å². The van der Waals surface area contributed by atoms with Crippen molar-refractivity contribution in [2.75, 3.05) is 31.5 Å². The number of rotatable bonds is 6. The Balaban J connectivity index is 1.60. The maximum absolute atomic E-state index is 13.9. The van der Waals surface area contributed by atoms with E-state index in [1.165, 1.54) is 12.1 Å². The number of ether oxygens (including phenoxy) is 1. The monoisotopic (exact) mass is 510 g/mol. The first-order valence-corrected chi connectivity index (χ1v) is 12.7. The number of aromatic amines is 1. The molecule has 2 N–H and O–H groups in total. The summed E-state index contributed by atoms with van der Waals surface area (Å²) < 4.78 is 19.4. The number of benzene rings is 1. The van der Waals surface area contributed by atoms with Gasteiger partial charge in [-0.15, -0.1) is 0 Å². The second-order valence-electron chi connectivity index (χ2n) is 10.8. The molecule has 37 heavy (non-hydrogen) atoms. The van der Waals surface area contributed by atoms with Gasteiger partial charge in [0, 0.05) is 55.2 Å². The van der Waals surface area contributed by atoms with Crippen LogP contribution < -0.4 is 5.32 Å². The SMILES string of the molecule is CCN(CCN1CCc2[nH]c(/C=C3\C(=O)Nc4ccc(F)cc43)c(C(C)C)c2C1=O)C(=O)OC(C)(C)C. The van der Waals surface area contributed by atoms with E-state index in [2.05, 4.69) is 10.3 Å². The molecule has 198 valence electrons. The van der Waals surface area contributed by atoms with Gasteiger partial charge in [0.15, 0.2) is 0 Å². The zero-order chi connectivity index (χ0) is 27.1. The quantitative estimate of drug-likeness (QED) is 0.533. The Morgan fingerprint density at radius 1 is 1.27 bits per heavy atom. The lowest BCUT2D eigenvalue weighted by Crippen LogP contribution is -2.45. The van der Waals surface area contributed by atoms with Crippen LogP contribution in [0.1, 0.15) is 80.3 Å². The van der Waals surface area contributed by atoms with Gasteiger partial charge in [-0.1, -0.05) is 13.8 Å². The number of H-pyrrole nitrogens is 1. The third-order valence-corrected chi connectivity index (χ3v) is 6.58. The smallest absolute Gasteiger partial charge is 0.410 e. The molecule has 2 aliphatic heterocycles. The number of anilines is 1. The molecule has 0 spiro atoms. The molecule has 0 radical (unpaired) electrons. The molecule has 0 unspecified atom stereocenters. The van der Waals surface area contributed by atoms with E-state index < -0.39 is 17.5 Å². The maximum Gasteiger partial charge on any atom is 0.410 e. The maximum atomic E-state index is 13.9. The highest BCUT2D eigenvalue weighted by molar-refractivity contribution is 6.35. The summed E-state index contributed by atoms with van der Waals surface area (Å²) in [6, 6.07) is 4.20. The summed E-state index contributed by atoms with van der Waals surface area (Å²) in [5.74, 6) is -0.832. The fourth-order valence-corrected chi connectivity index (χ4v) is 4.85. The van der Waals surface area contributed by atoms with E-state index in [0.29, 0.717) is 60.7 Å². The number of likely N-dealkylation sites (N-methyl/N-ethyl adjacent to an activating group) is 1. The van der Waals surface area contributed by atoms with E-state index in [9.17, 15) is 18.8 Å². The number of aromatic nitrogens is 1. The number of nitrogens with one attached hydrogen (secondary N) is 2. The second kappa shape index (κ2) is 10.0. The van der Waals surface area contributed by atoms with Crippen molar-refractivity contribution in [2.24, 2.45) is 0 Å². The Hall–Kier alpha value is -3.62. The molecule has 0 bridgehead atoms. The van der Waals surface area contributed by atoms with E-state index in [4.69, 9.17) is 4.74 Å². The Labute approximate surface area is 216 Å². The van der Waals surface area contributed by atoms with Gasteiger partial charge in [-0.2, -0.15) is 0 Å². The van der Waals surface area contributed by atoms with Gasteiger partial charge in [0.05, 0.1) is 11.1 Å². The zero-order valence-electron chi connectivity index (χ0n) is 22.3. The lowest BCUT2D eigenvalue weighted by Gasteiger charge is -2.31. The Morgan fingerprint density at radius 2 is 2.00 bits per heavy atom. The number of carbonyl (C=O) groups excluding carboxylic acids is 3. The van der Waals surface area contributed by atoms with E-state index in [-0.39, 0.29) is 17.7 Å². The summed E-state index contributed by atoms with van der Waals surface area (Å²) in [4.78, 5) is 45.5. The average molecular weight is 511 g/mol. The normalized spacial score (nSPS) is 16.2. The van der Waals surface area contributed by atoms with Crippen molar-refractivity contribution in [1.29, 1.82) is 0 Å². The molecular weight excluding hydrogens is 475 g/mol. The molecule has 0 saturated carbocycles. The van der Waals surface area contributed by atoms with Crippen LogP contribution in [0, 0.1) is 5.82 Å². The van der Waals surface area contributed by atoms with Gasteiger partial charge in [0.25, 0.3) is 11.8 Å². The van der Waals surface area contributed by atoms with Crippen LogP contribution in [-0.4, -0.2) is 64.5 Å². The summed E-state index contributed by atoms with van der Waals surface area (Å²) >= 11 is 0. The Morgan fingerprint density at radius 3 is 2.65 bits per heavy atom. The van der Waals surface area contributed by atoms with E-state index in [1.54, 1.807) is 21.9 Å². The first kappa shape index (κ1) is 26.4. The molecule has 3 heterocycles. The fraction of sp³-hybridized carbons (Fsp3) is 0.464. The highest BCUT2D eigenvalue weighted by Crippen LogP contribution is 2.37. The average Bonchev–Trinajstić information content (AvgIpc) is 3.32. The highest BCUT2D eigenvalue weighted by Gasteiger charge is 2.33. The van der Waals surface area contributed by atoms with Crippen molar-refractivity contribution in [1.82, 2.24) is 14.8 Å². The molecule has 0 saturated heterocycles. The summed E-state index contributed by atoms with van der Waals surface area (Å²) in [7, 11) is 0. The lowest BCUT2D eigenvalue weighted by molar-refractivity contribution is -0.110. The van der Waals surface area contributed by atoms with E-state index in [1.807, 2.05) is 41.5 Å². The number of fused-ring (bicyclic) bond motifs is 2. The van der Waals surface area contributed by atoms with Gasteiger partial charge in [-0.25, -0.2) is 9.18 Å². The number of hydrogen-bond donors (Lipinski definition) is 2. The number of halogens is 1. The molecule has 1 aromatic heterocycles.